The highest BCUT2D eigenvalue weighted by Gasteiger charge is 2.36. The maximum atomic E-state index is 13.2. The molecule has 3 heterocycles. The van der Waals surface area contributed by atoms with E-state index in [0.29, 0.717) is 17.1 Å². The quantitative estimate of drug-likeness (QED) is 0.688. The second-order valence-electron chi connectivity index (χ2n) is 6.38. The van der Waals surface area contributed by atoms with E-state index >= 15 is 0 Å². The van der Waals surface area contributed by atoms with Gasteiger partial charge in [-0.2, -0.15) is 13.2 Å². The van der Waals surface area contributed by atoms with Gasteiger partial charge in [-0.3, -0.25) is 14.9 Å². The van der Waals surface area contributed by atoms with Gasteiger partial charge in [-0.1, -0.05) is 23.5 Å². The highest BCUT2D eigenvalue weighted by molar-refractivity contribution is 7.15. The Labute approximate surface area is 167 Å². The van der Waals surface area contributed by atoms with Crippen molar-refractivity contribution in [3.05, 3.63) is 70.1 Å². The summed E-state index contributed by atoms with van der Waals surface area (Å²) in [6.07, 6.45) is -1.53. The number of amides is 2. The maximum absolute atomic E-state index is 13.2. The summed E-state index contributed by atoms with van der Waals surface area (Å²) in [5, 5.41) is 3.03. The predicted octanol–water partition coefficient (Wildman–Crippen LogP) is 4.21. The number of carbonyl (C=O) groups excluding carboxylic acids is 2. The molecule has 6 nitrogen and oxygen atoms in total. The summed E-state index contributed by atoms with van der Waals surface area (Å²) in [5.41, 5.74) is -0.251. The molecular weight excluding hydrogens is 407 g/mol. The first-order valence-electron chi connectivity index (χ1n) is 8.60. The average Bonchev–Trinajstić information content (AvgIpc) is 3.35. The number of furan rings is 1. The molecular formula is C19H14F3N3O3S. The molecule has 2 amide bonds. The van der Waals surface area contributed by atoms with Crippen LogP contribution in [-0.2, 0) is 19.1 Å². The fourth-order valence-corrected chi connectivity index (χ4v) is 4.09. The van der Waals surface area contributed by atoms with Gasteiger partial charge in [0, 0.05) is 17.8 Å². The molecule has 1 N–H and O–H groups in total. The Morgan fingerprint density at radius 2 is 2.00 bits per heavy atom. The molecule has 4 rings (SSSR count). The second-order valence-corrected chi connectivity index (χ2v) is 7.46. The van der Waals surface area contributed by atoms with Crippen LogP contribution >= 0.6 is 11.3 Å². The van der Waals surface area contributed by atoms with Crippen molar-refractivity contribution >= 4 is 28.3 Å². The van der Waals surface area contributed by atoms with Crippen molar-refractivity contribution in [3.63, 3.8) is 0 Å². The zero-order valence-electron chi connectivity index (χ0n) is 14.8. The standard InChI is InChI=1S/C19H14F3N3O3S/c20-19(21,22)13-4-2-1-3-12(13)17(27)25-7-5-14-15(9-25)29-18(23-14)24-16(26)11-6-8-28-10-11/h1-4,6,8,10H,5,7,9H2,(H,23,24,26). The third-order valence-electron chi connectivity index (χ3n) is 4.49. The Morgan fingerprint density at radius 1 is 1.21 bits per heavy atom. The molecule has 0 radical (unpaired) electrons. The van der Waals surface area contributed by atoms with Crippen LogP contribution in [0.1, 0.15) is 36.9 Å². The first-order chi connectivity index (χ1) is 13.8. The SMILES string of the molecule is O=C(Nc1nc2c(s1)CN(C(=O)c1ccccc1C(F)(F)F)CC2)c1ccoc1. The van der Waals surface area contributed by atoms with E-state index in [4.69, 9.17) is 4.42 Å². The lowest BCUT2D eigenvalue weighted by Gasteiger charge is -2.27. The van der Waals surface area contributed by atoms with Gasteiger partial charge in [0.15, 0.2) is 5.13 Å². The molecule has 0 unspecified atom stereocenters. The van der Waals surface area contributed by atoms with Crippen molar-refractivity contribution in [1.29, 1.82) is 0 Å². The van der Waals surface area contributed by atoms with E-state index in [9.17, 15) is 22.8 Å². The van der Waals surface area contributed by atoms with Gasteiger partial charge in [0.25, 0.3) is 11.8 Å². The number of fused-ring (bicyclic) bond motifs is 1. The summed E-state index contributed by atoms with van der Waals surface area (Å²) in [6, 6.07) is 6.27. The van der Waals surface area contributed by atoms with E-state index in [2.05, 4.69) is 10.3 Å². The molecule has 2 aromatic heterocycles. The Balaban J connectivity index is 1.52. The van der Waals surface area contributed by atoms with Gasteiger partial charge in [0.2, 0.25) is 0 Å². The van der Waals surface area contributed by atoms with E-state index in [1.165, 1.54) is 53.0 Å². The number of alkyl halides is 3. The smallest absolute Gasteiger partial charge is 0.417 e. The number of nitrogens with one attached hydrogen (secondary N) is 1. The molecule has 10 heteroatoms. The number of hydrogen-bond acceptors (Lipinski definition) is 5. The molecule has 1 aliphatic rings. The summed E-state index contributed by atoms with van der Waals surface area (Å²) in [6.45, 7) is 0.385. The summed E-state index contributed by atoms with van der Waals surface area (Å²) >= 11 is 1.20. The molecule has 29 heavy (non-hydrogen) atoms. The minimum Gasteiger partial charge on any atom is -0.472 e. The van der Waals surface area contributed by atoms with Crippen LogP contribution in [0.4, 0.5) is 18.3 Å². The Kier molecular flexibility index (Phi) is 4.87. The zero-order chi connectivity index (χ0) is 20.6. The van der Waals surface area contributed by atoms with E-state index in [1.807, 2.05) is 0 Å². The van der Waals surface area contributed by atoms with Gasteiger partial charge in [0.05, 0.1) is 35.2 Å². The van der Waals surface area contributed by atoms with Gasteiger partial charge in [0.1, 0.15) is 6.26 Å². The third-order valence-corrected chi connectivity index (χ3v) is 5.48. The normalized spacial score (nSPS) is 13.8. The number of thiazole rings is 1. The van der Waals surface area contributed by atoms with Crippen molar-refractivity contribution in [2.75, 3.05) is 11.9 Å². The van der Waals surface area contributed by atoms with E-state index in [-0.39, 0.29) is 24.6 Å². The van der Waals surface area contributed by atoms with Gasteiger partial charge >= 0.3 is 6.18 Å². The molecule has 0 atom stereocenters. The van der Waals surface area contributed by atoms with Crippen LogP contribution in [-0.4, -0.2) is 28.2 Å². The van der Waals surface area contributed by atoms with Crippen LogP contribution in [0.3, 0.4) is 0 Å². The van der Waals surface area contributed by atoms with Crippen molar-refractivity contribution in [3.8, 4) is 0 Å². The monoisotopic (exact) mass is 421 g/mol. The summed E-state index contributed by atoms with van der Waals surface area (Å²) in [7, 11) is 0. The van der Waals surface area contributed by atoms with Crippen LogP contribution < -0.4 is 5.32 Å². The number of aromatic nitrogens is 1. The van der Waals surface area contributed by atoms with Crippen LogP contribution in [0.15, 0.2) is 47.3 Å². The first kappa shape index (κ1) is 19.2. The molecule has 0 bridgehead atoms. The van der Waals surface area contributed by atoms with Crippen LogP contribution in [0, 0.1) is 0 Å². The molecule has 3 aromatic rings. The molecule has 0 spiro atoms. The fourth-order valence-electron chi connectivity index (χ4n) is 3.07. The number of carbonyl (C=O) groups is 2. The highest BCUT2D eigenvalue weighted by atomic mass is 32.1. The van der Waals surface area contributed by atoms with Gasteiger partial charge < -0.3 is 9.32 Å². The van der Waals surface area contributed by atoms with Gasteiger partial charge in [-0.25, -0.2) is 4.98 Å². The summed E-state index contributed by atoms with van der Waals surface area (Å²) < 4.78 is 44.6. The summed E-state index contributed by atoms with van der Waals surface area (Å²) in [5.74, 6) is -1.06. The fraction of sp³-hybridized carbons (Fsp3) is 0.211. The molecule has 0 saturated carbocycles. The molecule has 150 valence electrons. The molecule has 0 saturated heterocycles. The number of rotatable bonds is 3. The Hall–Kier alpha value is -3.14. The van der Waals surface area contributed by atoms with E-state index in [1.54, 1.807) is 0 Å². The van der Waals surface area contributed by atoms with Crippen molar-refractivity contribution in [1.82, 2.24) is 9.88 Å². The lowest BCUT2D eigenvalue weighted by atomic mass is 10.0. The van der Waals surface area contributed by atoms with E-state index in [0.717, 1.165) is 16.6 Å². The lowest BCUT2D eigenvalue weighted by molar-refractivity contribution is -0.138. The topological polar surface area (TPSA) is 75.4 Å². The number of anilines is 1. The molecule has 1 aromatic carbocycles. The van der Waals surface area contributed by atoms with Crippen molar-refractivity contribution < 1.29 is 27.2 Å². The third kappa shape index (κ3) is 3.88. The molecule has 1 aliphatic heterocycles. The van der Waals surface area contributed by atoms with Crippen LogP contribution in [0.5, 0.6) is 0 Å². The molecule has 0 aliphatic carbocycles. The first-order valence-corrected chi connectivity index (χ1v) is 9.42. The number of hydrogen-bond donors (Lipinski definition) is 1. The number of halogens is 3. The van der Waals surface area contributed by atoms with Crippen molar-refractivity contribution in [2.24, 2.45) is 0 Å². The Bertz CT molecular complexity index is 1060. The largest absolute Gasteiger partial charge is 0.472 e. The lowest BCUT2D eigenvalue weighted by Crippen LogP contribution is -2.36. The maximum Gasteiger partial charge on any atom is 0.417 e. The highest BCUT2D eigenvalue weighted by Crippen LogP contribution is 2.34. The van der Waals surface area contributed by atoms with Gasteiger partial charge in [-0.05, 0) is 18.2 Å². The van der Waals surface area contributed by atoms with E-state index < -0.39 is 17.6 Å². The number of nitrogens with zero attached hydrogens (tertiary/aromatic N) is 2. The predicted molar refractivity (Wildman–Crippen MR) is 98.7 cm³/mol. The van der Waals surface area contributed by atoms with Crippen LogP contribution in [0.25, 0.3) is 0 Å². The average molecular weight is 421 g/mol. The second kappa shape index (κ2) is 7.36. The molecule has 0 fully saturated rings. The minimum absolute atomic E-state index is 0.138. The Morgan fingerprint density at radius 3 is 2.72 bits per heavy atom. The summed E-state index contributed by atoms with van der Waals surface area (Å²) in [4.78, 5) is 31.3. The van der Waals surface area contributed by atoms with Crippen molar-refractivity contribution in [2.45, 2.75) is 19.1 Å². The van der Waals surface area contributed by atoms with Crippen LogP contribution in [0.2, 0.25) is 0 Å². The zero-order valence-corrected chi connectivity index (χ0v) is 15.6. The van der Waals surface area contributed by atoms with Gasteiger partial charge in [-0.15, -0.1) is 0 Å². The minimum atomic E-state index is -4.61. The number of benzene rings is 1.